The third kappa shape index (κ3) is 8.45. The van der Waals surface area contributed by atoms with E-state index in [4.69, 9.17) is 19.4 Å². The Balaban J connectivity index is 0.00000150. The molecule has 0 saturated carbocycles. The Morgan fingerprint density at radius 1 is 1.00 bits per heavy atom. The van der Waals surface area contributed by atoms with Gasteiger partial charge in [0.15, 0.2) is 5.65 Å². The largest absolute Gasteiger partial charge is 0.492 e. The summed E-state index contributed by atoms with van der Waals surface area (Å²) < 4.78 is 16.4. The van der Waals surface area contributed by atoms with Crippen molar-refractivity contribution < 1.29 is 24.2 Å². The number of benzene rings is 2. The molecule has 2 aromatic carbocycles. The molecule has 52 heavy (non-hydrogen) atoms. The number of piperidine rings is 1. The summed E-state index contributed by atoms with van der Waals surface area (Å²) in [6.45, 7) is 6.28. The van der Waals surface area contributed by atoms with Crippen LogP contribution in [0, 0.1) is 6.92 Å². The number of carboxylic acid groups (broad SMARTS) is 1. The van der Waals surface area contributed by atoms with Gasteiger partial charge in [0.05, 0.1) is 23.6 Å². The minimum atomic E-state index is -0.295. The van der Waals surface area contributed by atoms with E-state index in [0.29, 0.717) is 18.5 Å². The number of rotatable bonds is 10. The number of hydrogen-bond acceptors (Lipinski definition) is 9. The SMILES string of the molecule is Cc1cc(NC(=O)N[C@H]2CC[C@@H](Oc3ccc4nnc(N5CCCCC5C)n4c3)c3ccccc32)n(-c2cccc(OCCN(C)C)c2)n1.O=CO. The number of aromatic nitrogens is 5. The van der Waals surface area contributed by atoms with Crippen LogP contribution in [0.1, 0.15) is 68.0 Å². The zero-order valence-electron chi connectivity index (χ0n) is 30.1. The van der Waals surface area contributed by atoms with Gasteiger partial charge in [-0.1, -0.05) is 30.3 Å². The minimum absolute atomic E-state index is 0.153. The van der Waals surface area contributed by atoms with E-state index in [1.807, 2.05) is 86.2 Å². The lowest BCUT2D eigenvalue weighted by atomic mass is 9.85. The van der Waals surface area contributed by atoms with Crippen molar-refractivity contribution in [3.63, 3.8) is 0 Å². The Kier molecular flexibility index (Phi) is 11.5. The highest BCUT2D eigenvalue weighted by molar-refractivity contribution is 5.89. The van der Waals surface area contributed by atoms with E-state index in [2.05, 4.69) is 54.8 Å². The van der Waals surface area contributed by atoms with Crippen LogP contribution in [0.4, 0.5) is 16.6 Å². The zero-order chi connectivity index (χ0) is 36.6. The van der Waals surface area contributed by atoms with Crippen molar-refractivity contribution in [3.05, 3.63) is 89.7 Å². The van der Waals surface area contributed by atoms with Gasteiger partial charge in [-0.25, -0.2) is 9.48 Å². The lowest BCUT2D eigenvalue weighted by Gasteiger charge is -2.33. The number of nitrogens with one attached hydrogen (secondary N) is 2. The maximum Gasteiger partial charge on any atom is 0.320 e. The molecule has 1 saturated heterocycles. The summed E-state index contributed by atoms with van der Waals surface area (Å²) in [5.41, 5.74) is 4.52. The van der Waals surface area contributed by atoms with E-state index in [1.54, 1.807) is 4.68 Å². The van der Waals surface area contributed by atoms with Crippen LogP contribution in [0.2, 0.25) is 0 Å². The molecule has 7 rings (SSSR count). The van der Waals surface area contributed by atoms with Gasteiger partial charge in [0.2, 0.25) is 5.95 Å². The van der Waals surface area contributed by atoms with E-state index in [0.717, 1.165) is 84.4 Å². The zero-order valence-corrected chi connectivity index (χ0v) is 30.1. The Morgan fingerprint density at radius 2 is 1.81 bits per heavy atom. The van der Waals surface area contributed by atoms with Crippen LogP contribution in [0.25, 0.3) is 11.3 Å². The van der Waals surface area contributed by atoms with Crippen LogP contribution >= 0.6 is 0 Å². The Hall–Kier alpha value is -5.63. The van der Waals surface area contributed by atoms with Gasteiger partial charge < -0.3 is 29.7 Å². The third-order valence-corrected chi connectivity index (χ3v) is 9.38. The van der Waals surface area contributed by atoms with E-state index < -0.39 is 0 Å². The molecule has 0 spiro atoms. The summed E-state index contributed by atoms with van der Waals surface area (Å²) in [4.78, 5) is 26.3. The van der Waals surface area contributed by atoms with Crippen LogP contribution in [0.5, 0.6) is 11.5 Å². The lowest BCUT2D eigenvalue weighted by Crippen LogP contribution is -2.38. The molecular formula is C38H47N9O5. The number of nitrogens with zero attached hydrogens (tertiary/aromatic N) is 7. The van der Waals surface area contributed by atoms with Crippen LogP contribution in [-0.4, -0.2) is 86.7 Å². The van der Waals surface area contributed by atoms with Gasteiger partial charge in [-0.05, 0) is 95.4 Å². The molecule has 1 fully saturated rings. The molecule has 2 amide bonds. The van der Waals surface area contributed by atoms with Gasteiger partial charge in [0.1, 0.15) is 30.0 Å². The van der Waals surface area contributed by atoms with Crippen LogP contribution in [-0.2, 0) is 4.79 Å². The van der Waals surface area contributed by atoms with Gasteiger partial charge in [0.25, 0.3) is 6.47 Å². The molecule has 5 aromatic rings. The number of fused-ring (bicyclic) bond motifs is 2. The van der Waals surface area contributed by atoms with Crippen molar-refractivity contribution in [1.82, 2.24) is 34.6 Å². The van der Waals surface area contributed by atoms with Crippen LogP contribution < -0.4 is 25.0 Å². The van der Waals surface area contributed by atoms with Crippen molar-refractivity contribution >= 4 is 29.9 Å². The van der Waals surface area contributed by atoms with Crippen molar-refractivity contribution in [2.45, 2.75) is 64.1 Å². The summed E-state index contributed by atoms with van der Waals surface area (Å²) in [6.07, 6.45) is 6.88. The summed E-state index contributed by atoms with van der Waals surface area (Å²) >= 11 is 0. The summed E-state index contributed by atoms with van der Waals surface area (Å²) in [5, 5.41) is 26.7. The highest BCUT2D eigenvalue weighted by Crippen LogP contribution is 2.39. The first-order chi connectivity index (χ1) is 25.2. The molecule has 1 aliphatic heterocycles. The Labute approximate surface area is 303 Å². The van der Waals surface area contributed by atoms with Crippen molar-refractivity contribution in [3.8, 4) is 17.2 Å². The number of carbonyl (C=O) groups is 2. The fourth-order valence-electron chi connectivity index (χ4n) is 6.85. The molecule has 1 aliphatic carbocycles. The average Bonchev–Trinajstić information content (AvgIpc) is 3.72. The number of likely N-dealkylation sites (N-methyl/N-ethyl adjacent to an activating group) is 1. The number of urea groups is 1. The topological polar surface area (TPSA) is 151 Å². The molecule has 0 bridgehead atoms. The quantitative estimate of drug-likeness (QED) is 0.147. The molecule has 0 radical (unpaired) electrons. The van der Waals surface area contributed by atoms with E-state index in [-0.39, 0.29) is 24.6 Å². The first-order valence-corrected chi connectivity index (χ1v) is 17.7. The maximum absolute atomic E-state index is 13.5. The molecule has 4 heterocycles. The molecular weight excluding hydrogens is 662 g/mol. The second-order valence-electron chi connectivity index (χ2n) is 13.4. The summed E-state index contributed by atoms with van der Waals surface area (Å²) in [5.74, 6) is 2.95. The van der Waals surface area contributed by atoms with Crippen LogP contribution in [0.15, 0.2) is 72.9 Å². The maximum atomic E-state index is 13.5. The van der Waals surface area contributed by atoms with Gasteiger partial charge in [0, 0.05) is 31.3 Å². The fourth-order valence-corrected chi connectivity index (χ4v) is 6.85. The first-order valence-electron chi connectivity index (χ1n) is 17.7. The van der Waals surface area contributed by atoms with Gasteiger partial charge in [-0.3, -0.25) is 14.5 Å². The predicted molar refractivity (Wildman–Crippen MR) is 199 cm³/mol. The number of aryl methyl sites for hydroxylation is 1. The number of amides is 2. The standard InChI is InChI=1S/C37H45N9O3.CH2O2/c1-25-22-35(46(42-25)27-11-9-12-28(23-27)48-21-20-43(3)4)39-36(47)38-32-16-17-33(31-14-6-5-13-30(31)32)49-29-15-18-34-40-41-37(45(34)24-29)44-19-8-7-10-26(44)2;2-1-3/h5-6,9,11-15,18,22-24,26,32-33H,7-8,10,16-17,19-21H2,1-4H3,(H2,38,39,47);1H,(H,2,3)/t26?,32-,33+;/m0./s1. The first kappa shape index (κ1) is 36.2. The number of pyridine rings is 1. The lowest BCUT2D eigenvalue weighted by molar-refractivity contribution is -0.122. The predicted octanol–water partition coefficient (Wildman–Crippen LogP) is 6.02. The number of carbonyl (C=O) groups excluding carboxylic acids is 1. The molecule has 3 atom stereocenters. The van der Waals surface area contributed by atoms with Crippen molar-refractivity contribution in [2.75, 3.05) is 44.0 Å². The monoisotopic (exact) mass is 709 g/mol. The molecule has 274 valence electrons. The fraction of sp³-hybridized carbons (Fsp3) is 0.395. The third-order valence-electron chi connectivity index (χ3n) is 9.38. The van der Waals surface area contributed by atoms with E-state index >= 15 is 0 Å². The number of ether oxygens (including phenoxy) is 2. The van der Waals surface area contributed by atoms with Gasteiger partial charge in [-0.2, -0.15) is 5.10 Å². The van der Waals surface area contributed by atoms with Crippen molar-refractivity contribution in [1.29, 1.82) is 0 Å². The molecule has 3 aromatic heterocycles. The molecule has 3 N–H and O–H groups in total. The average molecular weight is 710 g/mol. The molecule has 14 heteroatoms. The smallest absolute Gasteiger partial charge is 0.320 e. The molecule has 2 aliphatic rings. The second kappa shape index (κ2) is 16.6. The number of hydrogen-bond donors (Lipinski definition) is 3. The highest BCUT2D eigenvalue weighted by Gasteiger charge is 2.30. The highest BCUT2D eigenvalue weighted by atomic mass is 16.5. The van der Waals surface area contributed by atoms with Crippen LogP contribution in [0.3, 0.4) is 0 Å². The Morgan fingerprint density at radius 3 is 2.60 bits per heavy atom. The van der Waals surface area contributed by atoms with Crippen molar-refractivity contribution in [2.24, 2.45) is 0 Å². The normalized spacial score (nSPS) is 18.2. The van der Waals surface area contributed by atoms with Gasteiger partial charge >= 0.3 is 6.03 Å². The summed E-state index contributed by atoms with van der Waals surface area (Å²) in [6, 6.07) is 21.7. The molecule has 14 nitrogen and oxygen atoms in total. The number of anilines is 2. The minimum Gasteiger partial charge on any atom is -0.492 e. The summed E-state index contributed by atoms with van der Waals surface area (Å²) in [7, 11) is 4.03. The molecule has 1 unspecified atom stereocenters. The second-order valence-corrected chi connectivity index (χ2v) is 13.4. The van der Waals surface area contributed by atoms with Gasteiger partial charge in [-0.15, -0.1) is 10.2 Å². The van der Waals surface area contributed by atoms with E-state index in [1.165, 1.54) is 6.42 Å². The van der Waals surface area contributed by atoms with E-state index in [9.17, 15) is 4.79 Å². The Bertz CT molecular complexity index is 1980.